The maximum Gasteiger partial charge on any atom is 0.261 e. The van der Waals surface area contributed by atoms with Gasteiger partial charge >= 0.3 is 0 Å². The quantitative estimate of drug-likeness (QED) is 0.849. The van der Waals surface area contributed by atoms with Crippen LogP contribution in [0.1, 0.15) is 26.2 Å². The number of para-hydroxylation sites is 1. The van der Waals surface area contributed by atoms with Gasteiger partial charge < -0.3 is 10.4 Å². The van der Waals surface area contributed by atoms with Crippen LogP contribution in [0.15, 0.2) is 35.4 Å². The summed E-state index contributed by atoms with van der Waals surface area (Å²) in [6.07, 6.45) is 4.99. The first kappa shape index (κ1) is 15.2. The summed E-state index contributed by atoms with van der Waals surface area (Å²) in [7, 11) is 0. The van der Waals surface area contributed by atoms with E-state index in [4.69, 9.17) is 0 Å². The molecule has 1 saturated carbocycles. The van der Waals surface area contributed by atoms with Crippen molar-refractivity contribution in [1.29, 1.82) is 0 Å². The molecule has 0 saturated heterocycles. The van der Waals surface area contributed by atoms with Gasteiger partial charge in [-0.2, -0.15) is 0 Å². The molecule has 0 aliphatic heterocycles. The molecule has 1 heterocycles. The lowest BCUT2D eigenvalue weighted by molar-refractivity contribution is 0.0420. The minimum absolute atomic E-state index is 0.000217. The fraction of sp³-hybridized carbons (Fsp3) is 0.529. The maximum absolute atomic E-state index is 12.4. The molecular formula is C17H23N3O2. The number of hydrogen-bond donors (Lipinski definition) is 2. The molecule has 1 aliphatic carbocycles. The molecule has 5 nitrogen and oxygen atoms in total. The average Bonchev–Trinajstić information content (AvgIpc) is 2.50. The fourth-order valence-electron chi connectivity index (χ4n) is 3.05. The highest BCUT2D eigenvalue weighted by Gasteiger charge is 2.36. The van der Waals surface area contributed by atoms with E-state index in [1.807, 2.05) is 24.3 Å². The number of hydrogen-bond acceptors (Lipinski definition) is 4. The molecule has 5 heteroatoms. The summed E-state index contributed by atoms with van der Waals surface area (Å²) in [5.74, 6) is 0. The molecule has 22 heavy (non-hydrogen) atoms. The van der Waals surface area contributed by atoms with Gasteiger partial charge in [0.2, 0.25) is 0 Å². The smallest absolute Gasteiger partial charge is 0.261 e. The molecule has 1 unspecified atom stereocenters. The molecule has 1 aliphatic rings. The zero-order valence-corrected chi connectivity index (χ0v) is 13.0. The van der Waals surface area contributed by atoms with Gasteiger partial charge in [-0.25, -0.2) is 4.98 Å². The van der Waals surface area contributed by atoms with Crippen molar-refractivity contribution in [2.45, 2.75) is 38.8 Å². The van der Waals surface area contributed by atoms with Crippen LogP contribution in [0.25, 0.3) is 10.9 Å². The van der Waals surface area contributed by atoms with Crippen molar-refractivity contribution < 1.29 is 5.11 Å². The first-order valence-corrected chi connectivity index (χ1v) is 7.92. The van der Waals surface area contributed by atoms with Crippen LogP contribution in [0.2, 0.25) is 0 Å². The molecule has 1 aromatic carbocycles. The molecule has 1 aromatic heterocycles. The van der Waals surface area contributed by atoms with Crippen LogP contribution in [0.4, 0.5) is 0 Å². The van der Waals surface area contributed by atoms with E-state index in [9.17, 15) is 9.90 Å². The molecule has 1 atom stereocenters. The third-order valence-electron chi connectivity index (χ3n) is 4.78. The van der Waals surface area contributed by atoms with Crippen LogP contribution < -0.4 is 10.9 Å². The Bertz CT molecular complexity index is 701. The van der Waals surface area contributed by atoms with Gasteiger partial charge in [0.1, 0.15) is 0 Å². The van der Waals surface area contributed by atoms with Crippen LogP contribution in [0.5, 0.6) is 0 Å². The molecule has 2 N–H and O–H groups in total. The van der Waals surface area contributed by atoms with Gasteiger partial charge in [0.25, 0.3) is 5.56 Å². The Kier molecular flexibility index (Phi) is 4.27. The SMILES string of the molecule is CC(Cn1cnc2ccccc2c1=O)NCC1(CO)CCC1. The molecule has 3 rings (SSSR count). The van der Waals surface area contributed by atoms with Crippen molar-refractivity contribution in [3.05, 3.63) is 40.9 Å². The second kappa shape index (κ2) is 6.18. The number of nitrogens with one attached hydrogen (secondary N) is 1. The summed E-state index contributed by atoms with van der Waals surface area (Å²) in [5.41, 5.74) is 0.791. The van der Waals surface area contributed by atoms with E-state index in [1.165, 1.54) is 6.42 Å². The topological polar surface area (TPSA) is 67.2 Å². The van der Waals surface area contributed by atoms with Crippen molar-refractivity contribution in [3.8, 4) is 0 Å². The number of aliphatic hydroxyl groups is 1. The number of aromatic nitrogens is 2. The highest BCUT2D eigenvalue weighted by Crippen LogP contribution is 2.39. The van der Waals surface area contributed by atoms with E-state index < -0.39 is 0 Å². The van der Waals surface area contributed by atoms with E-state index >= 15 is 0 Å². The van der Waals surface area contributed by atoms with Crippen LogP contribution >= 0.6 is 0 Å². The Morgan fingerprint density at radius 1 is 1.41 bits per heavy atom. The van der Waals surface area contributed by atoms with Gasteiger partial charge in [-0.3, -0.25) is 9.36 Å². The van der Waals surface area contributed by atoms with Crippen molar-refractivity contribution in [2.75, 3.05) is 13.2 Å². The van der Waals surface area contributed by atoms with Gasteiger partial charge in [-0.05, 0) is 31.9 Å². The van der Waals surface area contributed by atoms with Crippen molar-refractivity contribution in [3.63, 3.8) is 0 Å². The predicted molar refractivity (Wildman–Crippen MR) is 86.8 cm³/mol. The summed E-state index contributed by atoms with van der Waals surface area (Å²) < 4.78 is 1.66. The first-order chi connectivity index (χ1) is 10.6. The van der Waals surface area contributed by atoms with Gasteiger partial charge in [0.15, 0.2) is 0 Å². The van der Waals surface area contributed by atoms with Crippen LogP contribution in [0, 0.1) is 5.41 Å². The van der Waals surface area contributed by atoms with E-state index in [0.29, 0.717) is 11.9 Å². The van der Waals surface area contributed by atoms with Crippen LogP contribution in [-0.4, -0.2) is 33.9 Å². The third kappa shape index (κ3) is 2.91. The molecule has 1 fully saturated rings. The van der Waals surface area contributed by atoms with E-state index in [0.717, 1.165) is 24.9 Å². The number of rotatable bonds is 6. The Hall–Kier alpha value is -1.72. The molecule has 0 spiro atoms. The maximum atomic E-state index is 12.4. The molecule has 118 valence electrons. The van der Waals surface area contributed by atoms with Crippen LogP contribution in [-0.2, 0) is 6.54 Å². The highest BCUT2D eigenvalue weighted by molar-refractivity contribution is 5.76. The lowest BCUT2D eigenvalue weighted by Crippen LogP contribution is -2.46. The summed E-state index contributed by atoms with van der Waals surface area (Å²) in [5, 5.41) is 13.6. The number of benzene rings is 1. The normalized spacial score (nSPS) is 18.1. The summed E-state index contributed by atoms with van der Waals surface area (Å²) in [6.45, 7) is 3.69. The Balaban J connectivity index is 1.67. The molecular weight excluding hydrogens is 278 g/mol. The summed E-state index contributed by atoms with van der Waals surface area (Å²) in [4.78, 5) is 16.8. The molecule has 2 aromatic rings. The Morgan fingerprint density at radius 2 is 2.18 bits per heavy atom. The van der Waals surface area contributed by atoms with Gasteiger partial charge in [0.05, 0.1) is 17.2 Å². The predicted octanol–water partition coefficient (Wildman–Crippen LogP) is 1.54. The lowest BCUT2D eigenvalue weighted by Gasteiger charge is -2.41. The van der Waals surface area contributed by atoms with E-state index in [2.05, 4.69) is 17.2 Å². The minimum Gasteiger partial charge on any atom is -0.396 e. The van der Waals surface area contributed by atoms with Crippen molar-refractivity contribution >= 4 is 10.9 Å². The Labute approximate surface area is 130 Å². The fourth-order valence-corrected chi connectivity index (χ4v) is 3.05. The number of nitrogens with zero attached hydrogens (tertiary/aromatic N) is 2. The van der Waals surface area contributed by atoms with Crippen molar-refractivity contribution in [2.24, 2.45) is 5.41 Å². The summed E-state index contributed by atoms with van der Waals surface area (Å²) in [6, 6.07) is 7.57. The standard InChI is InChI=1S/C17H23N3O2/c1-13(18-10-17(11-21)7-4-8-17)9-20-12-19-15-6-3-2-5-14(15)16(20)22/h2-3,5-6,12-13,18,21H,4,7-11H2,1H3. The molecule has 0 radical (unpaired) electrons. The minimum atomic E-state index is -0.000217. The lowest BCUT2D eigenvalue weighted by atomic mass is 9.69. The van der Waals surface area contributed by atoms with Crippen molar-refractivity contribution in [1.82, 2.24) is 14.9 Å². The van der Waals surface area contributed by atoms with Crippen LogP contribution in [0.3, 0.4) is 0 Å². The average molecular weight is 301 g/mol. The molecule has 0 bridgehead atoms. The van der Waals surface area contributed by atoms with E-state index in [-0.39, 0.29) is 23.6 Å². The first-order valence-electron chi connectivity index (χ1n) is 7.92. The van der Waals surface area contributed by atoms with Gasteiger partial charge in [-0.1, -0.05) is 18.6 Å². The second-order valence-corrected chi connectivity index (χ2v) is 6.51. The summed E-state index contributed by atoms with van der Waals surface area (Å²) >= 11 is 0. The highest BCUT2D eigenvalue weighted by atomic mass is 16.3. The third-order valence-corrected chi connectivity index (χ3v) is 4.78. The zero-order valence-electron chi connectivity index (χ0n) is 13.0. The number of aliphatic hydroxyl groups excluding tert-OH is 1. The van der Waals surface area contributed by atoms with Gasteiger partial charge in [-0.15, -0.1) is 0 Å². The zero-order chi connectivity index (χ0) is 15.6. The number of fused-ring (bicyclic) bond motifs is 1. The Morgan fingerprint density at radius 3 is 2.86 bits per heavy atom. The van der Waals surface area contributed by atoms with Gasteiger partial charge in [0, 0.05) is 31.2 Å². The monoisotopic (exact) mass is 301 g/mol. The molecule has 0 amide bonds. The largest absolute Gasteiger partial charge is 0.396 e. The second-order valence-electron chi connectivity index (χ2n) is 6.51. The van der Waals surface area contributed by atoms with E-state index in [1.54, 1.807) is 10.9 Å².